The van der Waals surface area contributed by atoms with Crippen molar-refractivity contribution in [1.29, 1.82) is 0 Å². The van der Waals surface area contributed by atoms with E-state index in [4.69, 9.17) is 9.47 Å². The van der Waals surface area contributed by atoms with Crippen molar-refractivity contribution in [2.24, 2.45) is 0 Å². The lowest BCUT2D eigenvalue weighted by molar-refractivity contribution is 0.124. The summed E-state index contributed by atoms with van der Waals surface area (Å²) in [5, 5.41) is 5.44. The maximum atomic E-state index is 13.5. The molecule has 1 heterocycles. The van der Waals surface area contributed by atoms with Crippen LogP contribution in [0.15, 0.2) is 42.5 Å². The monoisotopic (exact) mass is 286 g/mol. The molecular formula is C16H15FN2O2. The van der Waals surface area contributed by atoms with Crippen LogP contribution in [0.3, 0.4) is 0 Å². The molecule has 0 aliphatic heterocycles. The molecule has 0 unspecified atom stereocenters. The van der Waals surface area contributed by atoms with Crippen LogP contribution in [0.2, 0.25) is 0 Å². The summed E-state index contributed by atoms with van der Waals surface area (Å²) in [5.74, 6) is 0.446. The van der Waals surface area contributed by atoms with Crippen LogP contribution in [0.5, 0.6) is 5.75 Å². The van der Waals surface area contributed by atoms with E-state index in [0.717, 1.165) is 22.2 Å². The highest BCUT2D eigenvalue weighted by molar-refractivity contribution is 5.94. The zero-order valence-corrected chi connectivity index (χ0v) is 11.8. The third-order valence-electron chi connectivity index (χ3n) is 3.31. The fourth-order valence-corrected chi connectivity index (χ4v) is 2.36. The van der Waals surface area contributed by atoms with E-state index < -0.39 is 0 Å². The summed E-state index contributed by atoms with van der Waals surface area (Å²) < 4.78 is 25.6. The van der Waals surface area contributed by atoms with Gasteiger partial charge in [-0.25, -0.2) is 9.07 Å². The Morgan fingerprint density at radius 1 is 1.14 bits per heavy atom. The topological polar surface area (TPSA) is 36.3 Å². The van der Waals surface area contributed by atoms with Crippen LogP contribution < -0.4 is 4.74 Å². The molecule has 1 aromatic heterocycles. The third-order valence-corrected chi connectivity index (χ3v) is 3.31. The second-order valence-electron chi connectivity index (χ2n) is 4.66. The Hall–Kier alpha value is -2.40. The van der Waals surface area contributed by atoms with E-state index in [-0.39, 0.29) is 5.82 Å². The predicted molar refractivity (Wildman–Crippen MR) is 78.7 cm³/mol. The first-order chi connectivity index (χ1) is 10.2. The Labute approximate surface area is 121 Å². The fourth-order valence-electron chi connectivity index (χ4n) is 2.36. The maximum Gasteiger partial charge on any atom is 0.139 e. The fraction of sp³-hybridized carbons (Fsp3) is 0.188. The SMILES string of the molecule is COCn1nc(-c2cccc(F)c2)c2cc(OC)ccc21. The summed E-state index contributed by atoms with van der Waals surface area (Å²) in [6, 6.07) is 12.1. The van der Waals surface area contributed by atoms with Crippen LogP contribution in [0, 0.1) is 5.82 Å². The highest BCUT2D eigenvalue weighted by atomic mass is 19.1. The molecule has 0 saturated carbocycles. The molecule has 4 nitrogen and oxygen atoms in total. The minimum absolute atomic E-state index is 0.287. The van der Waals surface area contributed by atoms with Gasteiger partial charge in [0.15, 0.2) is 0 Å². The molecule has 5 heteroatoms. The van der Waals surface area contributed by atoms with Crippen molar-refractivity contribution in [2.45, 2.75) is 6.73 Å². The van der Waals surface area contributed by atoms with Crippen LogP contribution >= 0.6 is 0 Å². The minimum Gasteiger partial charge on any atom is -0.497 e. The highest BCUT2D eigenvalue weighted by Gasteiger charge is 2.13. The van der Waals surface area contributed by atoms with Gasteiger partial charge in [0.25, 0.3) is 0 Å². The van der Waals surface area contributed by atoms with Crippen molar-refractivity contribution < 1.29 is 13.9 Å². The molecule has 108 valence electrons. The lowest BCUT2D eigenvalue weighted by atomic mass is 10.1. The normalized spacial score (nSPS) is 11.0. The first-order valence-electron chi connectivity index (χ1n) is 6.52. The number of methoxy groups -OCH3 is 2. The summed E-state index contributed by atoms with van der Waals surface area (Å²) in [6.07, 6.45) is 0. The molecule has 0 aliphatic rings. The number of halogens is 1. The standard InChI is InChI=1S/C16H15FN2O2/c1-20-10-19-15-7-6-13(21-2)9-14(15)16(18-19)11-4-3-5-12(17)8-11/h3-9H,10H2,1-2H3. The van der Waals surface area contributed by atoms with Crippen molar-refractivity contribution in [2.75, 3.05) is 14.2 Å². The van der Waals surface area contributed by atoms with Gasteiger partial charge in [0.05, 0.1) is 12.6 Å². The first-order valence-corrected chi connectivity index (χ1v) is 6.52. The molecule has 3 aromatic rings. The van der Waals surface area contributed by atoms with Crippen molar-refractivity contribution in [1.82, 2.24) is 9.78 Å². The van der Waals surface area contributed by atoms with E-state index in [1.807, 2.05) is 24.3 Å². The largest absolute Gasteiger partial charge is 0.497 e. The molecule has 2 aromatic carbocycles. The number of hydrogen-bond acceptors (Lipinski definition) is 3. The lowest BCUT2D eigenvalue weighted by Crippen LogP contribution is -2.01. The number of hydrogen-bond donors (Lipinski definition) is 0. The van der Waals surface area contributed by atoms with Gasteiger partial charge < -0.3 is 9.47 Å². The molecule has 0 spiro atoms. The van der Waals surface area contributed by atoms with Gasteiger partial charge in [-0.1, -0.05) is 12.1 Å². The molecule has 0 atom stereocenters. The Morgan fingerprint density at radius 2 is 2.00 bits per heavy atom. The smallest absolute Gasteiger partial charge is 0.139 e. The summed E-state index contributed by atoms with van der Waals surface area (Å²) in [6.45, 7) is 0.331. The van der Waals surface area contributed by atoms with E-state index in [0.29, 0.717) is 12.4 Å². The Bertz CT molecular complexity index is 783. The molecule has 0 fully saturated rings. The third kappa shape index (κ3) is 2.48. The van der Waals surface area contributed by atoms with Gasteiger partial charge in [-0.15, -0.1) is 0 Å². The number of aromatic nitrogens is 2. The Balaban J connectivity index is 2.25. The molecule has 3 rings (SSSR count). The maximum absolute atomic E-state index is 13.5. The average Bonchev–Trinajstić information content (AvgIpc) is 2.86. The van der Waals surface area contributed by atoms with Crippen molar-refractivity contribution in [3.63, 3.8) is 0 Å². The number of nitrogens with zero attached hydrogens (tertiary/aromatic N) is 2. The van der Waals surface area contributed by atoms with E-state index >= 15 is 0 Å². The van der Waals surface area contributed by atoms with E-state index in [1.165, 1.54) is 12.1 Å². The number of fused-ring (bicyclic) bond motifs is 1. The van der Waals surface area contributed by atoms with Gasteiger partial charge in [0.1, 0.15) is 24.0 Å². The molecule has 0 bridgehead atoms. The van der Waals surface area contributed by atoms with Crippen molar-refractivity contribution in [3.8, 4) is 17.0 Å². The summed E-state index contributed by atoms with van der Waals surface area (Å²) in [5.41, 5.74) is 2.35. The van der Waals surface area contributed by atoms with Crippen molar-refractivity contribution >= 4 is 10.9 Å². The van der Waals surface area contributed by atoms with Crippen LogP contribution in [0.25, 0.3) is 22.2 Å². The summed E-state index contributed by atoms with van der Waals surface area (Å²) in [7, 11) is 3.22. The van der Waals surface area contributed by atoms with E-state index in [1.54, 1.807) is 25.0 Å². The Morgan fingerprint density at radius 3 is 2.71 bits per heavy atom. The van der Waals surface area contributed by atoms with Crippen LogP contribution in [-0.2, 0) is 11.5 Å². The van der Waals surface area contributed by atoms with Gasteiger partial charge in [0.2, 0.25) is 0 Å². The highest BCUT2D eigenvalue weighted by Crippen LogP contribution is 2.31. The van der Waals surface area contributed by atoms with Gasteiger partial charge in [-0.2, -0.15) is 5.10 Å². The lowest BCUT2D eigenvalue weighted by Gasteiger charge is -2.02. The van der Waals surface area contributed by atoms with Gasteiger partial charge >= 0.3 is 0 Å². The molecule has 0 aliphatic carbocycles. The quantitative estimate of drug-likeness (QED) is 0.737. The number of rotatable bonds is 4. The molecule has 0 amide bonds. The minimum atomic E-state index is -0.287. The van der Waals surface area contributed by atoms with Crippen LogP contribution in [0.4, 0.5) is 4.39 Å². The molecule has 0 saturated heterocycles. The molecule has 21 heavy (non-hydrogen) atoms. The molecule has 0 N–H and O–H groups in total. The number of benzene rings is 2. The van der Waals surface area contributed by atoms with E-state index in [9.17, 15) is 4.39 Å². The zero-order valence-electron chi connectivity index (χ0n) is 11.8. The predicted octanol–water partition coefficient (Wildman–Crippen LogP) is 3.45. The first kappa shape index (κ1) is 13.6. The second kappa shape index (κ2) is 5.54. The summed E-state index contributed by atoms with van der Waals surface area (Å²) >= 11 is 0. The van der Waals surface area contributed by atoms with E-state index in [2.05, 4.69) is 5.10 Å². The van der Waals surface area contributed by atoms with Crippen LogP contribution in [-0.4, -0.2) is 24.0 Å². The second-order valence-corrected chi connectivity index (χ2v) is 4.66. The Kier molecular flexibility index (Phi) is 3.58. The van der Waals surface area contributed by atoms with Crippen LogP contribution in [0.1, 0.15) is 0 Å². The van der Waals surface area contributed by atoms with Crippen molar-refractivity contribution in [3.05, 3.63) is 48.3 Å². The van der Waals surface area contributed by atoms with Gasteiger partial charge in [-0.05, 0) is 30.3 Å². The molecule has 0 radical (unpaired) electrons. The number of ether oxygens (including phenoxy) is 2. The van der Waals surface area contributed by atoms with Gasteiger partial charge in [-0.3, -0.25) is 0 Å². The zero-order chi connectivity index (χ0) is 14.8. The van der Waals surface area contributed by atoms with Gasteiger partial charge in [0, 0.05) is 18.1 Å². The summed E-state index contributed by atoms with van der Waals surface area (Å²) in [4.78, 5) is 0. The molecular weight excluding hydrogens is 271 g/mol. The average molecular weight is 286 g/mol.